The molecule has 21 heavy (non-hydrogen) atoms. The molecule has 0 aliphatic carbocycles. The molecule has 0 saturated carbocycles. The van der Waals surface area contributed by atoms with E-state index < -0.39 is 61.1 Å². The van der Waals surface area contributed by atoms with Crippen LogP contribution in [0.4, 0.5) is 26.3 Å². The van der Waals surface area contributed by atoms with Crippen molar-refractivity contribution >= 4 is 40.9 Å². The Hall–Kier alpha value is -0.540. The van der Waals surface area contributed by atoms with Crippen molar-refractivity contribution in [1.29, 1.82) is 0 Å². The van der Waals surface area contributed by atoms with Gasteiger partial charge in [-0.1, -0.05) is 6.07 Å². The van der Waals surface area contributed by atoms with Crippen LogP contribution in [0.2, 0.25) is 0 Å². The maximum atomic E-state index is 12.4. The number of hydrogen-bond donors (Lipinski definition) is 0. The SMILES string of the molecule is CC(Cl)C(=O)c1c(SC(F)(F)F)cccc1SC(F)(F)F. The summed E-state index contributed by atoms with van der Waals surface area (Å²) < 4.78 is 74.7. The summed E-state index contributed by atoms with van der Waals surface area (Å²) in [6.07, 6.45) is 0. The lowest BCUT2D eigenvalue weighted by Gasteiger charge is -2.16. The lowest BCUT2D eigenvalue weighted by Crippen LogP contribution is -2.15. The predicted molar refractivity (Wildman–Crippen MR) is 69.9 cm³/mol. The third kappa shape index (κ3) is 5.99. The number of benzene rings is 1. The van der Waals surface area contributed by atoms with Gasteiger partial charge >= 0.3 is 11.0 Å². The number of thioether (sulfide) groups is 2. The summed E-state index contributed by atoms with van der Waals surface area (Å²) in [4.78, 5) is 10.7. The number of hydrogen-bond acceptors (Lipinski definition) is 3. The molecule has 118 valence electrons. The normalized spacial score (nSPS) is 14.1. The number of halogens is 7. The van der Waals surface area contributed by atoms with E-state index in [1.807, 2.05) is 0 Å². The Morgan fingerprint density at radius 1 is 1.05 bits per heavy atom. The minimum Gasteiger partial charge on any atom is -0.292 e. The molecule has 0 N–H and O–H groups in total. The van der Waals surface area contributed by atoms with E-state index in [1.165, 1.54) is 6.92 Å². The Morgan fingerprint density at radius 2 is 1.43 bits per heavy atom. The van der Waals surface area contributed by atoms with Gasteiger partial charge in [0.2, 0.25) is 0 Å². The minimum atomic E-state index is -4.73. The van der Waals surface area contributed by atoms with Crippen LogP contribution in [0.25, 0.3) is 0 Å². The van der Waals surface area contributed by atoms with Crippen LogP contribution in [0, 0.1) is 0 Å². The molecule has 0 fully saturated rings. The van der Waals surface area contributed by atoms with Gasteiger partial charge in [-0.2, -0.15) is 26.3 Å². The number of rotatable bonds is 4. The van der Waals surface area contributed by atoms with Crippen LogP contribution in [0.15, 0.2) is 28.0 Å². The molecular weight excluding hydrogens is 362 g/mol. The number of carbonyl (C=O) groups excluding carboxylic acids is 1. The average molecular weight is 369 g/mol. The van der Waals surface area contributed by atoms with Crippen molar-refractivity contribution in [3.05, 3.63) is 23.8 Å². The van der Waals surface area contributed by atoms with Crippen LogP contribution in [-0.4, -0.2) is 22.2 Å². The molecule has 0 saturated heterocycles. The van der Waals surface area contributed by atoms with Gasteiger partial charge in [-0.3, -0.25) is 4.79 Å². The van der Waals surface area contributed by atoms with Gasteiger partial charge in [0.25, 0.3) is 0 Å². The van der Waals surface area contributed by atoms with E-state index in [2.05, 4.69) is 0 Å². The van der Waals surface area contributed by atoms with E-state index in [-0.39, 0.29) is 0 Å². The van der Waals surface area contributed by atoms with Gasteiger partial charge in [-0.25, -0.2) is 0 Å². The Balaban J connectivity index is 3.37. The molecule has 0 bridgehead atoms. The van der Waals surface area contributed by atoms with Crippen molar-refractivity contribution in [1.82, 2.24) is 0 Å². The molecule has 0 aromatic heterocycles. The highest BCUT2D eigenvalue weighted by molar-refractivity contribution is 8.01. The predicted octanol–water partition coefficient (Wildman–Crippen LogP) is 5.72. The smallest absolute Gasteiger partial charge is 0.292 e. The second-order valence-corrected chi connectivity index (χ2v) is 6.57. The summed E-state index contributed by atoms with van der Waals surface area (Å²) in [5.74, 6) is -0.990. The molecular formula is C11H7ClF6OS2. The third-order valence-electron chi connectivity index (χ3n) is 2.05. The lowest BCUT2D eigenvalue weighted by atomic mass is 10.1. The molecule has 1 aromatic carbocycles. The van der Waals surface area contributed by atoms with Crippen LogP contribution in [0.5, 0.6) is 0 Å². The maximum Gasteiger partial charge on any atom is 0.446 e. The number of ketones is 1. The van der Waals surface area contributed by atoms with Crippen molar-refractivity contribution < 1.29 is 31.1 Å². The largest absolute Gasteiger partial charge is 0.446 e. The number of Topliss-reactive ketones (excluding diaryl/α,β-unsaturated/α-hetero) is 1. The second kappa shape index (κ2) is 6.70. The Morgan fingerprint density at radius 3 is 1.71 bits per heavy atom. The zero-order valence-corrected chi connectivity index (χ0v) is 12.6. The standard InChI is InChI=1S/C11H7ClF6OS2/c1-5(12)9(19)8-6(20-10(13,14)15)3-2-4-7(8)21-11(16,17)18/h2-5H,1H3. The topological polar surface area (TPSA) is 17.1 Å². The monoisotopic (exact) mass is 368 g/mol. The van der Waals surface area contributed by atoms with Crippen LogP contribution >= 0.6 is 35.1 Å². The van der Waals surface area contributed by atoms with Crippen molar-refractivity contribution in [2.45, 2.75) is 33.1 Å². The highest BCUT2D eigenvalue weighted by atomic mass is 35.5. The van der Waals surface area contributed by atoms with E-state index in [9.17, 15) is 31.1 Å². The first-order valence-electron chi connectivity index (χ1n) is 5.23. The molecule has 0 radical (unpaired) electrons. The fourth-order valence-electron chi connectivity index (χ4n) is 1.37. The molecule has 0 spiro atoms. The zero-order valence-electron chi connectivity index (χ0n) is 10.2. The van der Waals surface area contributed by atoms with E-state index in [0.717, 1.165) is 18.2 Å². The molecule has 1 rings (SSSR count). The molecule has 0 aliphatic heterocycles. The Bertz CT molecular complexity index is 492. The quantitative estimate of drug-likeness (QED) is 0.293. The van der Waals surface area contributed by atoms with Crippen LogP contribution in [0.3, 0.4) is 0 Å². The van der Waals surface area contributed by atoms with Gasteiger partial charge in [0.15, 0.2) is 5.78 Å². The van der Waals surface area contributed by atoms with Gasteiger partial charge in [0.05, 0.1) is 5.38 Å². The van der Waals surface area contributed by atoms with Crippen LogP contribution < -0.4 is 0 Å². The zero-order chi connectivity index (χ0) is 16.4. The van der Waals surface area contributed by atoms with Gasteiger partial charge in [-0.05, 0) is 42.6 Å². The molecule has 10 heteroatoms. The number of alkyl halides is 7. The molecule has 0 heterocycles. The van der Waals surface area contributed by atoms with E-state index >= 15 is 0 Å². The summed E-state index contributed by atoms with van der Waals surface area (Å²) in [7, 11) is 0. The van der Waals surface area contributed by atoms with Gasteiger partial charge in [0.1, 0.15) is 0 Å². The molecule has 1 unspecified atom stereocenters. The van der Waals surface area contributed by atoms with Crippen molar-refractivity contribution in [2.75, 3.05) is 0 Å². The maximum absolute atomic E-state index is 12.4. The molecule has 0 aliphatic rings. The fraction of sp³-hybridized carbons (Fsp3) is 0.364. The first kappa shape index (κ1) is 18.5. The summed E-state index contributed by atoms with van der Waals surface area (Å²) in [6, 6.07) is 2.90. The minimum absolute atomic E-state index is 0.603. The highest BCUT2D eigenvalue weighted by Crippen LogP contribution is 2.45. The van der Waals surface area contributed by atoms with Gasteiger partial charge in [0, 0.05) is 15.4 Å². The molecule has 1 aromatic rings. The van der Waals surface area contributed by atoms with Crippen LogP contribution in [0.1, 0.15) is 17.3 Å². The lowest BCUT2D eigenvalue weighted by molar-refractivity contribution is -0.0334. The van der Waals surface area contributed by atoms with Gasteiger partial charge in [-0.15, -0.1) is 11.6 Å². The van der Waals surface area contributed by atoms with E-state index in [0.29, 0.717) is 0 Å². The Kier molecular flexibility index (Phi) is 5.91. The van der Waals surface area contributed by atoms with Crippen molar-refractivity contribution in [2.24, 2.45) is 0 Å². The molecule has 1 atom stereocenters. The highest BCUT2D eigenvalue weighted by Gasteiger charge is 2.36. The number of carbonyl (C=O) groups is 1. The third-order valence-corrected chi connectivity index (χ3v) is 3.83. The van der Waals surface area contributed by atoms with E-state index in [1.54, 1.807) is 0 Å². The van der Waals surface area contributed by atoms with Crippen molar-refractivity contribution in [3.8, 4) is 0 Å². The fourth-order valence-corrected chi connectivity index (χ4v) is 2.96. The van der Waals surface area contributed by atoms with Gasteiger partial charge < -0.3 is 0 Å². The second-order valence-electron chi connectivity index (χ2n) is 3.71. The first-order chi connectivity index (χ1) is 9.41. The molecule has 1 nitrogen and oxygen atoms in total. The van der Waals surface area contributed by atoms with E-state index in [4.69, 9.17) is 11.6 Å². The summed E-state index contributed by atoms with van der Waals surface area (Å²) in [5.41, 5.74) is -10.1. The Labute approximate surface area is 129 Å². The van der Waals surface area contributed by atoms with Crippen molar-refractivity contribution in [3.63, 3.8) is 0 Å². The molecule has 0 amide bonds. The summed E-state index contributed by atoms with van der Waals surface area (Å²) in [6.45, 7) is 1.18. The van der Waals surface area contributed by atoms with Crippen LogP contribution in [-0.2, 0) is 0 Å². The average Bonchev–Trinajstić information content (AvgIpc) is 2.23. The first-order valence-corrected chi connectivity index (χ1v) is 7.30. The summed E-state index contributed by atoms with van der Waals surface area (Å²) in [5, 5.41) is -1.24. The summed E-state index contributed by atoms with van der Waals surface area (Å²) >= 11 is 4.22.